The molecule has 0 aliphatic heterocycles. The van der Waals surface area contributed by atoms with Crippen LogP contribution in [0.25, 0.3) is 43.8 Å². The van der Waals surface area contributed by atoms with Crippen molar-refractivity contribution in [2.24, 2.45) is 0 Å². The van der Waals surface area contributed by atoms with Crippen molar-refractivity contribution in [2.45, 2.75) is 5.41 Å². The Labute approximate surface area is 304 Å². The summed E-state index contributed by atoms with van der Waals surface area (Å²) in [5.41, 5.74) is 13.0. The third-order valence-corrected chi connectivity index (χ3v) is 10.9. The third kappa shape index (κ3) is 4.71. The quantitative estimate of drug-likeness (QED) is 0.154. The van der Waals surface area contributed by atoms with Gasteiger partial charge in [-0.1, -0.05) is 170 Å². The molecule has 0 atom stereocenters. The number of hydrogen-bond donors (Lipinski definition) is 0. The van der Waals surface area contributed by atoms with E-state index in [2.05, 4.69) is 217 Å². The summed E-state index contributed by atoms with van der Waals surface area (Å²) in [6, 6.07) is 77.6. The van der Waals surface area contributed by atoms with E-state index in [1.807, 2.05) is 0 Å². The number of hydrogen-bond acceptors (Lipinski definition) is 1. The Morgan fingerprint density at radius 1 is 0.288 bits per heavy atom. The van der Waals surface area contributed by atoms with Gasteiger partial charge < -0.3 is 4.90 Å². The normalized spacial score (nSPS) is 12.8. The lowest BCUT2D eigenvalue weighted by molar-refractivity contribution is 0.772. The second-order valence-electron chi connectivity index (χ2n) is 13.7. The molecule has 52 heavy (non-hydrogen) atoms. The summed E-state index contributed by atoms with van der Waals surface area (Å²) in [5, 5.41) is 5.32. The zero-order valence-corrected chi connectivity index (χ0v) is 28.7. The molecule has 9 aromatic carbocycles. The molecule has 0 saturated heterocycles. The second kappa shape index (κ2) is 12.3. The Morgan fingerprint density at radius 3 is 1.29 bits per heavy atom. The van der Waals surface area contributed by atoms with Crippen LogP contribution in [0, 0.1) is 0 Å². The van der Waals surface area contributed by atoms with E-state index in [9.17, 15) is 0 Å². The number of benzene rings is 9. The van der Waals surface area contributed by atoms with Crippen molar-refractivity contribution >= 4 is 38.6 Å². The zero-order valence-electron chi connectivity index (χ0n) is 28.7. The fourth-order valence-electron chi connectivity index (χ4n) is 8.60. The monoisotopic (exact) mass is 661 g/mol. The molecule has 1 heteroatoms. The first-order chi connectivity index (χ1) is 25.8. The minimum Gasteiger partial charge on any atom is -0.311 e. The molecule has 0 heterocycles. The fraction of sp³-hybridized carbons (Fsp3) is 0.0196. The summed E-state index contributed by atoms with van der Waals surface area (Å²) < 4.78 is 0. The number of rotatable bonds is 7. The van der Waals surface area contributed by atoms with Gasteiger partial charge in [-0.2, -0.15) is 0 Å². The molecule has 0 radical (unpaired) electrons. The van der Waals surface area contributed by atoms with E-state index in [0.29, 0.717) is 0 Å². The highest BCUT2D eigenvalue weighted by atomic mass is 15.1. The molecule has 10 rings (SSSR count). The molecule has 1 aliphatic rings. The molecule has 0 saturated carbocycles. The summed E-state index contributed by atoms with van der Waals surface area (Å²) in [7, 11) is 0. The van der Waals surface area contributed by atoms with Gasteiger partial charge in [0.2, 0.25) is 0 Å². The van der Waals surface area contributed by atoms with Gasteiger partial charge in [-0.25, -0.2) is 0 Å². The average molecular weight is 662 g/mol. The molecule has 0 amide bonds. The van der Waals surface area contributed by atoms with Crippen molar-refractivity contribution in [2.75, 3.05) is 4.90 Å². The van der Waals surface area contributed by atoms with Crippen molar-refractivity contribution < 1.29 is 0 Å². The zero-order chi connectivity index (χ0) is 34.5. The van der Waals surface area contributed by atoms with Crippen LogP contribution in [0.15, 0.2) is 212 Å². The second-order valence-corrected chi connectivity index (χ2v) is 13.7. The Balaban J connectivity index is 1.08. The Kier molecular flexibility index (Phi) is 7.11. The molecule has 0 N–H and O–H groups in total. The van der Waals surface area contributed by atoms with Crippen LogP contribution in [-0.2, 0) is 5.41 Å². The van der Waals surface area contributed by atoms with E-state index in [1.54, 1.807) is 0 Å². The standard InChI is InChI=1S/C51H35N/c1-4-13-36(14-5-1)37-27-31-45(32-28-37)52(44-21-8-3-9-22-44)46-33-29-38(30-34-46)41-17-10-20-43(35-41)51(42-18-6-2-7-19-42)47-23-11-15-39-25-26-40-16-12-24-48(51)50(40)49(39)47/h1-35H. The van der Waals surface area contributed by atoms with E-state index in [1.165, 1.54) is 66.1 Å². The molecule has 0 unspecified atom stereocenters. The van der Waals surface area contributed by atoms with Crippen LogP contribution in [0.1, 0.15) is 22.3 Å². The molecule has 1 aliphatic carbocycles. The van der Waals surface area contributed by atoms with Crippen LogP contribution in [0.3, 0.4) is 0 Å². The number of anilines is 3. The van der Waals surface area contributed by atoms with Gasteiger partial charge in [0.05, 0.1) is 5.41 Å². The van der Waals surface area contributed by atoms with E-state index in [-0.39, 0.29) is 0 Å². The van der Waals surface area contributed by atoms with Crippen LogP contribution in [0.5, 0.6) is 0 Å². The molecule has 0 aromatic heterocycles. The van der Waals surface area contributed by atoms with Gasteiger partial charge >= 0.3 is 0 Å². The molecule has 244 valence electrons. The van der Waals surface area contributed by atoms with Crippen LogP contribution in [0.4, 0.5) is 17.1 Å². The first-order valence-electron chi connectivity index (χ1n) is 18.0. The van der Waals surface area contributed by atoms with E-state index in [0.717, 1.165) is 17.1 Å². The van der Waals surface area contributed by atoms with E-state index in [4.69, 9.17) is 0 Å². The van der Waals surface area contributed by atoms with Gasteiger partial charge in [-0.3, -0.25) is 0 Å². The summed E-state index contributed by atoms with van der Waals surface area (Å²) in [6.07, 6.45) is 0. The largest absolute Gasteiger partial charge is 0.311 e. The van der Waals surface area contributed by atoms with Crippen molar-refractivity contribution in [1.82, 2.24) is 0 Å². The summed E-state index contributed by atoms with van der Waals surface area (Å²) in [6.45, 7) is 0. The minimum atomic E-state index is -0.435. The van der Waals surface area contributed by atoms with Gasteiger partial charge in [0.15, 0.2) is 0 Å². The smallest absolute Gasteiger partial charge is 0.0714 e. The van der Waals surface area contributed by atoms with Gasteiger partial charge in [-0.15, -0.1) is 0 Å². The molecule has 0 bridgehead atoms. The molecular formula is C51H35N. The molecule has 0 spiro atoms. The summed E-state index contributed by atoms with van der Waals surface area (Å²) in [5.74, 6) is 0. The fourth-order valence-corrected chi connectivity index (χ4v) is 8.60. The Bertz CT molecular complexity index is 2630. The molecular weight excluding hydrogens is 627 g/mol. The van der Waals surface area contributed by atoms with Crippen molar-refractivity contribution in [3.8, 4) is 22.3 Å². The highest BCUT2D eigenvalue weighted by molar-refractivity contribution is 6.16. The van der Waals surface area contributed by atoms with Crippen LogP contribution >= 0.6 is 0 Å². The molecule has 9 aromatic rings. The highest BCUT2D eigenvalue weighted by Crippen LogP contribution is 2.56. The SMILES string of the molecule is c1ccc(-c2ccc(N(c3ccccc3)c3ccc(-c4cccc(C5(c6ccccc6)c6cccc7ccc8cccc5c8c67)c4)cc3)cc2)cc1. The molecule has 0 fully saturated rings. The minimum absolute atomic E-state index is 0.435. The van der Waals surface area contributed by atoms with Crippen LogP contribution in [-0.4, -0.2) is 0 Å². The number of nitrogens with zero attached hydrogens (tertiary/aromatic N) is 1. The Morgan fingerprint density at radius 2 is 0.712 bits per heavy atom. The van der Waals surface area contributed by atoms with Gasteiger partial charge in [0, 0.05) is 17.1 Å². The van der Waals surface area contributed by atoms with Crippen LogP contribution < -0.4 is 4.90 Å². The lowest BCUT2D eigenvalue weighted by Gasteiger charge is -2.34. The van der Waals surface area contributed by atoms with Crippen molar-refractivity contribution in [1.29, 1.82) is 0 Å². The lowest BCUT2D eigenvalue weighted by Crippen LogP contribution is -2.28. The topological polar surface area (TPSA) is 3.24 Å². The Hall–Kier alpha value is -6.70. The maximum absolute atomic E-state index is 2.42. The van der Waals surface area contributed by atoms with E-state index < -0.39 is 5.41 Å². The van der Waals surface area contributed by atoms with Gasteiger partial charge in [0.25, 0.3) is 0 Å². The van der Waals surface area contributed by atoms with Crippen LogP contribution in [0.2, 0.25) is 0 Å². The molecule has 1 nitrogen and oxygen atoms in total. The predicted octanol–water partition coefficient (Wildman–Crippen LogP) is 13.5. The van der Waals surface area contributed by atoms with E-state index >= 15 is 0 Å². The van der Waals surface area contributed by atoms with Gasteiger partial charge in [-0.05, 0) is 109 Å². The highest BCUT2D eigenvalue weighted by Gasteiger charge is 2.44. The van der Waals surface area contributed by atoms with Crippen molar-refractivity contribution in [3.05, 3.63) is 235 Å². The van der Waals surface area contributed by atoms with Gasteiger partial charge in [0.1, 0.15) is 0 Å². The summed E-state index contributed by atoms with van der Waals surface area (Å²) in [4.78, 5) is 2.33. The van der Waals surface area contributed by atoms with Crippen molar-refractivity contribution in [3.63, 3.8) is 0 Å². The first kappa shape index (κ1) is 30.2. The summed E-state index contributed by atoms with van der Waals surface area (Å²) >= 11 is 0. The first-order valence-corrected chi connectivity index (χ1v) is 18.0. The average Bonchev–Trinajstić information content (AvgIpc) is 3.54. The third-order valence-electron chi connectivity index (χ3n) is 10.9. The number of para-hydroxylation sites is 1. The maximum atomic E-state index is 2.42. The predicted molar refractivity (Wildman–Crippen MR) is 219 cm³/mol. The lowest BCUT2D eigenvalue weighted by atomic mass is 9.67. The maximum Gasteiger partial charge on any atom is 0.0714 e.